The molecule has 0 saturated carbocycles. The molecule has 0 radical (unpaired) electrons. The molecule has 5 nitrogen and oxygen atoms in total. The van der Waals surface area contributed by atoms with Crippen LogP contribution >= 0.6 is 0 Å². The van der Waals surface area contributed by atoms with E-state index in [2.05, 4.69) is 10.3 Å². The van der Waals surface area contributed by atoms with E-state index in [4.69, 9.17) is 4.42 Å². The largest absolute Gasteiger partial charge is 0.419 e. The van der Waals surface area contributed by atoms with Crippen molar-refractivity contribution in [2.75, 3.05) is 11.9 Å². The Balaban J connectivity index is 1.68. The topological polar surface area (TPSA) is 72.2 Å². The molecule has 0 aliphatic rings. The molecule has 0 atom stereocenters. The lowest BCUT2D eigenvalue weighted by molar-refractivity contribution is 0.577. The second-order valence-electron chi connectivity index (χ2n) is 7.00. The van der Waals surface area contributed by atoms with E-state index in [1.165, 1.54) is 0 Å². The molecule has 0 aliphatic heterocycles. The van der Waals surface area contributed by atoms with Crippen molar-refractivity contribution in [3.63, 3.8) is 0 Å². The second-order valence-corrected chi connectivity index (χ2v) is 8.86. The molecule has 30 heavy (non-hydrogen) atoms. The van der Waals surface area contributed by atoms with Crippen LogP contribution in [0.5, 0.6) is 0 Å². The Bertz CT molecular complexity index is 1220. The van der Waals surface area contributed by atoms with Crippen LogP contribution in [0.4, 0.5) is 5.88 Å². The van der Waals surface area contributed by atoms with Crippen molar-refractivity contribution in [3.05, 3.63) is 96.1 Å². The molecule has 0 fully saturated rings. The fourth-order valence-electron chi connectivity index (χ4n) is 3.10. The lowest BCUT2D eigenvalue weighted by Gasteiger charge is -2.06. The van der Waals surface area contributed by atoms with Crippen LogP contribution in [0.1, 0.15) is 11.1 Å². The maximum absolute atomic E-state index is 13.3. The summed E-state index contributed by atoms with van der Waals surface area (Å²) in [5.41, 5.74) is 2.85. The van der Waals surface area contributed by atoms with Gasteiger partial charge in [-0.05, 0) is 43.2 Å². The number of benzene rings is 3. The number of aromatic nitrogens is 1. The van der Waals surface area contributed by atoms with Crippen LogP contribution in [0, 0.1) is 6.92 Å². The fourth-order valence-corrected chi connectivity index (χ4v) is 4.38. The first-order valence-corrected chi connectivity index (χ1v) is 11.2. The van der Waals surface area contributed by atoms with Crippen molar-refractivity contribution < 1.29 is 12.8 Å². The molecule has 1 heterocycles. The minimum absolute atomic E-state index is 0.0988. The zero-order valence-corrected chi connectivity index (χ0v) is 17.4. The molecule has 4 rings (SSSR count). The minimum atomic E-state index is -3.84. The zero-order chi connectivity index (χ0) is 21.0. The standard InChI is InChI=1S/C24H22N2O3S/c1-18-12-14-21(15-13-18)30(27,28)24-23(25-17-16-19-8-4-2-5-9-19)29-22(26-24)20-10-6-3-7-11-20/h2-15,25H,16-17H2,1H3. The summed E-state index contributed by atoms with van der Waals surface area (Å²) in [6.45, 7) is 2.43. The molecular weight excluding hydrogens is 396 g/mol. The smallest absolute Gasteiger partial charge is 0.233 e. The summed E-state index contributed by atoms with van der Waals surface area (Å²) in [4.78, 5) is 4.55. The molecule has 4 aromatic rings. The Hall–Kier alpha value is -3.38. The van der Waals surface area contributed by atoms with E-state index < -0.39 is 9.84 Å². The second kappa shape index (κ2) is 8.55. The molecular formula is C24H22N2O3S. The van der Waals surface area contributed by atoms with Crippen molar-refractivity contribution in [1.82, 2.24) is 4.98 Å². The minimum Gasteiger partial charge on any atom is -0.419 e. The van der Waals surface area contributed by atoms with E-state index in [1.807, 2.05) is 67.6 Å². The first-order chi connectivity index (χ1) is 14.5. The molecule has 152 valence electrons. The number of aryl methyl sites for hydroxylation is 1. The van der Waals surface area contributed by atoms with Crippen LogP contribution in [0.25, 0.3) is 11.5 Å². The van der Waals surface area contributed by atoms with Gasteiger partial charge in [-0.1, -0.05) is 66.2 Å². The predicted molar refractivity (Wildman–Crippen MR) is 117 cm³/mol. The maximum Gasteiger partial charge on any atom is 0.233 e. The molecule has 0 unspecified atom stereocenters. The summed E-state index contributed by atoms with van der Waals surface area (Å²) >= 11 is 0. The van der Waals surface area contributed by atoms with Gasteiger partial charge in [-0.3, -0.25) is 0 Å². The molecule has 6 heteroatoms. The van der Waals surface area contributed by atoms with Gasteiger partial charge in [-0.2, -0.15) is 4.98 Å². The molecule has 0 aliphatic carbocycles. The van der Waals surface area contributed by atoms with Gasteiger partial charge < -0.3 is 9.73 Å². The number of nitrogens with zero attached hydrogens (tertiary/aromatic N) is 1. The highest BCUT2D eigenvalue weighted by molar-refractivity contribution is 7.91. The van der Waals surface area contributed by atoms with Crippen molar-refractivity contribution in [3.8, 4) is 11.5 Å². The number of anilines is 1. The lowest BCUT2D eigenvalue weighted by atomic mass is 10.1. The quantitative estimate of drug-likeness (QED) is 0.450. The SMILES string of the molecule is Cc1ccc(S(=O)(=O)c2nc(-c3ccccc3)oc2NCCc2ccccc2)cc1. The van der Waals surface area contributed by atoms with Crippen LogP contribution in [-0.4, -0.2) is 19.9 Å². The zero-order valence-electron chi connectivity index (χ0n) is 16.6. The Kier molecular flexibility index (Phi) is 5.68. The maximum atomic E-state index is 13.3. The van der Waals surface area contributed by atoms with Gasteiger partial charge in [0, 0.05) is 12.1 Å². The van der Waals surface area contributed by atoms with E-state index in [-0.39, 0.29) is 21.7 Å². The molecule has 3 aromatic carbocycles. The first kappa shape index (κ1) is 19.9. The normalized spacial score (nSPS) is 11.4. The van der Waals surface area contributed by atoms with Gasteiger partial charge in [0.05, 0.1) is 4.90 Å². The molecule has 0 spiro atoms. The highest BCUT2D eigenvalue weighted by atomic mass is 32.2. The van der Waals surface area contributed by atoms with Gasteiger partial charge >= 0.3 is 0 Å². The fraction of sp³-hybridized carbons (Fsp3) is 0.125. The molecule has 1 N–H and O–H groups in total. The van der Waals surface area contributed by atoms with Gasteiger partial charge in [-0.15, -0.1) is 0 Å². The average Bonchev–Trinajstić information content (AvgIpc) is 3.21. The van der Waals surface area contributed by atoms with Gasteiger partial charge in [0.2, 0.25) is 26.6 Å². The first-order valence-electron chi connectivity index (χ1n) is 9.70. The monoisotopic (exact) mass is 418 g/mol. The summed E-state index contributed by atoms with van der Waals surface area (Å²) in [6, 6.07) is 26.0. The molecule has 0 bridgehead atoms. The number of hydrogen-bond acceptors (Lipinski definition) is 5. The summed E-state index contributed by atoms with van der Waals surface area (Å²) < 4.78 is 32.4. The third-order valence-electron chi connectivity index (χ3n) is 4.74. The van der Waals surface area contributed by atoms with Gasteiger partial charge in [-0.25, -0.2) is 8.42 Å². The number of nitrogens with one attached hydrogen (secondary N) is 1. The predicted octanol–water partition coefficient (Wildman–Crippen LogP) is 5.14. The van der Waals surface area contributed by atoms with E-state index in [9.17, 15) is 8.42 Å². The third kappa shape index (κ3) is 4.28. The number of hydrogen-bond donors (Lipinski definition) is 1. The van der Waals surface area contributed by atoms with Crippen LogP contribution in [-0.2, 0) is 16.3 Å². The van der Waals surface area contributed by atoms with E-state index in [1.54, 1.807) is 24.3 Å². The van der Waals surface area contributed by atoms with Crippen LogP contribution in [0.2, 0.25) is 0 Å². The summed E-state index contributed by atoms with van der Waals surface area (Å²) in [7, 11) is -3.84. The van der Waals surface area contributed by atoms with E-state index >= 15 is 0 Å². The van der Waals surface area contributed by atoms with Gasteiger partial charge in [0.15, 0.2) is 0 Å². The third-order valence-corrected chi connectivity index (χ3v) is 6.42. The Morgan fingerprint density at radius 2 is 1.50 bits per heavy atom. The Labute approximate surface area is 176 Å². The Morgan fingerprint density at radius 3 is 2.17 bits per heavy atom. The molecule has 0 amide bonds. The van der Waals surface area contributed by atoms with Crippen LogP contribution < -0.4 is 5.32 Å². The number of oxazole rings is 1. The van der Waals surface area contributed by atoms with Crippen molar-refractivity contribution in [1.29, 1.82) is 0 Å². The van der Waals surface area contributed by atoms with Crippen LogP contribution in [0.15, 0.2) is 99.3 Å². The number of sulfone groups is 1. The Morgan fingerprint density at radius 1 is 0.867 bits per heavy atom. The summed E-state index contributed by atoms with van der Waals surface area (Å²) in [5.74, 6) is 0.425. The summed E-state index contributed by atoms with van der Waals surface area (Å²) in [6.07, 6.45) is 0.728. The van der Waals surface area contributed by atoms with E-state index in [0.717, 1.165) is 17.5 Å². The number of rotatable bonds is 7. The van der Waals surface area contributed by atoms with Crippen molar-refractivity contribution in [2.45, 2.75) is 23.3 Å². The molecule has 0 saturated heterocycles. The van der Waals surface area contributed by atoms with Crippen molar-refractivity contribution in [2.24, 2.45) is 0 Å². The lowest BCUT2D eigenvalue weighted by Crippen LogP contribution is -2.09. The van der Waals surface area contributed by atoms with Gasteiger partial charge in [0.25, 0.3) is 0 Å². The van der Waals surface area contributed by atoms with E-state index in [0.29, 0.717) is 12.1 Å². The highest BCUT2D eigenvalue weighted by Gasteiger charge is 2.28. The highest BCUT2D eigenvalue weighted by Crippen LogP contribution is 2.32. The van der Waals surface area contributed by atoms with Gasteiger partial charge in [0.1, 0.15) is 0 Å². The summed E-state index contributed by atoms with van der Waals surface area (Å²) in [5, 5.41) is 3.03. The molecule has 1 aromatic heterocycles. The van der Waals surface area contributed by atoms with Crippen LogP contribution in [0.3, 0.4) is 0 Å². The van der Waals surface area contributed by atoms with Crippen molar-refractivity contribution >= 4 is 15.7 Å². The average molecular weight is 419 g/mol.